The molecule has 0 unspecified atom stereocenters. The molecule has 0 saturated carbocycles. The van der Waals surface area contributed by atoms with Crippen LogP contribution in [0, 0.1) is 16.0 Å². The molecule has 0 bridgehead atoms. The summed E-state index contributed by atoms with van der Waals surface area (Å²) in [5, 5.41) is 10.9. The van der Waals surface area contributed by atoms with E-state index in [2.05, 4.69) is 15.9 Å². The Morgan fingerprint density at radius 2 is 2.00 bits per heavy atom. The molecule has 0 spiro atoms. The summed E-state index contributed by atoms with van der Waals surface area (Å²) in [6.07, 6.45) is 1.34. The van der Waals surface area contributed by atoms with Gasteiger partial charge in [0, 0.05) is 19.2 Å². The van der Waals surface area contributed by atoms with E-state index in [1.807, 2.05) is 20.8 Å². The van der Waals surface area contributed by atoms with E-state index in [4.69, 9.17) is 9.47 Å². The topological polar surface area (TPSA) is 81.9 Å². The standard InChI is InChI=1S/C17H23BrN2O5/c1-17(2,3)25-16(21)19-9-7-12(8-10-19)11-24-14-6-4-5-13(15(14)18)20(22)23/h4-6,12H,7-11H2,1-3H3. The van der Waals surface area contributed by atoms with E-state index in [1.54, 1.807) is 17.0 Å². The monoisotopic (exact) mass is 414 g/mol. The summed E-state index contributed by atoms with van der Waals surface area (Å²) in [6, 6.07) is 4.73. The Kier molecular flexibility index (Phi) is 6.26. The fraction of sp³-hybridized carbons (Fsp3) is 0.588. The van der Waals surface area contributed by atoms with Crippen molar-refractivity contribution in [2.24, 2.45) is 5.92 Å². The van der Waals surface area contributed by atoms with Crippen molar-refractivity contribution in [1.82, 2.24) is 4.90 Å². The summed E-state index contributed by atoms with van der Waals surface area (Å²) in [4.78, 5) is 24.3. The number of rotatable bonds is 4. The highest BCUT2D eigenvalue weighted by molar-refractivity contribution is 9.10. The summed E-state index contributed by atoms with van der Waals surface area (Å²) in [5.41, 5.74) is -0.511. The van der Waals surface area contributed by atoms with E-state index in [1.165, 1.54) is 6.07 Å². The fourth-order valence-corrected chi connectivity index (χ4v) is 3.09. The Bertz CT molecular complexity index is 636. The maximum Gasteiger partial charge on any atom is 0.410 e. The van der Waals surface area contributed by atoms with E-state index >= 15 is 0 Å². The minimum absolute atomic E-state index is 0.0164. The zero-order valence-electron chi connectivity index (χ0n) is 14.7. The van der Waals surface area contributed by atoms with Crippen LogP contribution in [-0.2, 0) is 4.74 Å². The number of likely N-dealkylation sites (tertiary alicyclic amines) is 1. The van der Waals surface area contributed by atoms with Gasteiger partial charge < -0.3 is 14.4 Å². The second-order valence-electron chi connectivity index (χ2n) is 7.07. The number of benzene rings is 1. The van der Waals surface area contributed by atoms with E-state index < -0.39 is 10.5 Å². The molecule has 2 rings (SSSR count). The van der Waals surface area contributed by atoms with Gasteiger partial charge in [0.15, 0.2) is 0 Å². The average Bonchev–Trinajstić information content (AvgIpc) is 2.52. The first-order valence-electron chi connectivity index (χ1n) is 8.21. The van der Waals surface area contributed by atoms with Crippen molar-refractivity contribution in [2.75, 3.05) is 19.7 Å². The van der Waals surface area contributed by atoms with Gasteiger partial charge in [-0.25, -0.2) is 4.79 Å². The Balaban J connectivity index is 1.84. The first-order chi connectivity index (χ1) is 11.7. The van der Waals surface area contributed by atoms with Crippen molar-refractivity contribution in [3.63, 3.8) is 0 Å². The van der Waals surface area contributed by atoms with Crippen molar-refractivity contribution in [2.45, 2.75) is 39.2 Å². The number of halogens is 1. The number of nitro groups is 1. The van der Waals surface area contributed by atoms with Crippen molar-refractivity contribution in [3.05, 3.63) is 32.8 Å². The van der Waals surface area contributed by atoms with Gasteiger partial charge in [-0.2, -0.15) is 0 Å². The second-order valence-corrected chi connectivity index (χ2v) is 7.86. The highest BCUT2D eigenvalue weighted by Crippen LogP contribution is 2.34. The number of carbonyl (C=O) groups is 1. The Morgan fingerprint density at radius 1 is 1.36 bits per heavy atom. The molecule has 25 heavy (non-hydrogen) atoms. The quantitative estimate of drug-likeness (QED) is 0.538. The Hall–Kier alpha value is -1.83. The van der Waals surface area contributed by atoms with E-state index in [-0.39, 0.29) is 11.8 Å². The van der Waals surface area contributed by atoms with Gasteiger partial charge in [0.1, 0.15) is 15.8 Å². The number of nitro benzene ring substituents is 1. The number of amides is 1. The normalized spacial score (nSPS) is 15.8. The molecule has 1 aromatic rings. The van der Waals surface area contributed by atoms with Gasteiger partial charge in [0.25, 0.3) is 5.69 Å². The van der Waals surface area contributed by atoms with Gasteiger partial charge in [-0.15, -0.1) is 0 Å². The van der Waals surface area contributed by atoms with Crippen LogP contribution in [0.5, 0.6) is 5.75 Å². The summed E-state index contributed by atoms with van der Waals surface area (Å²) < 4.78 is 11.5. The molecule has 1 aromatic carbocycles. The molecular formula is C17H23BrN2O5. The lowest BCUT2D eigenvalue weighted by Crippen LogP contribution is -2.42. The molecule has 1 aliphatic heterocycles. The predicted octanol–water partition coefficient (Wildman–Crippen LogP) is 4.38. The molecule has 0 N–H and O–H groups in total. The van der Waals surface area contributed by atoms with Crippen LogP contribution in [0.25, 0.3) is 0 Å². The smallest absolute Gasteiger partial charge is 0.410 e. The number of piperidine rings is 1. The predicted molar refractivity (Wildman–Crippen MR) is 96.8 cm³/mol. The molecule has 1 heterocycles. The molecule has 138 valence electrons. The van der Waals surface area contributed by atoms with Crippen molar-refractivity contribution >= 4 is 27.7 Å². The van der Waals surface area contributed by atoms with Crippen molar-refractivity contribution in [3.8, 4) is 5.75 Å². The lowest BCUT2D eigenvalue weighted by molar-refractivity contribution is -0.385. The SMILES string of the molecule is CC(C)(C)OC(=O)N1CCC(COc2cccc([N+](=O)[O-])c2Br)CC1. The van der Waals surface area contributed by atoms with Gasteiger partial charge in [0.05, 0.1) is 11.5 Å². The maximum atomic E-state index is 12.0. The molecular weight excluding hydrogens is 392 g/mol. The van der Waals surface area contributed by atoms with Crippen LogP contribution in [0.15, 0.2) is 22.7 Å². The summed E-state index contributed by atoms with van der Waals surface area (Å²) in [6.45, 7) is 7.26. The number of hydrogen-bond acceptors (Lipinski definition) is 5. The maximum absolute atomic E-state index is 12.0. The van der Waals surface area contributed by atoms with Gasteiger partial charge in [-0.05, 0) is 61.5 Å². The third-order valence-corrected chi connectivity index (χ3v) is 4.68. The molecule has 1 saturated heterocycles. The zero-order chi connectivity index (χ0) is 18.6. The van der Waals surface area contributed by atoms with Crippen LogP contribution >= 0.6 is 15.9 Å². The van der Waals surface area contributed by atoms with Crippen LogP contribution in [0.3, 0.4) is 0 Å². The van der Waals surface area contributed by atoms with Gasteiger partial charge >= 0.3 is 6.09 Å². The molecule has 8 heteroatoms. The van der Waals surface area contributed by atoms with Gasteiger partial charge in [-0.3, -0.25) is 10.1 Å². The number of carbonyl (C=O) groups excluding carboxylic acids is 1. The molecule has 1 amide bonds. The minimum atomic E-state index is -0.495. The average molecular weight is 415 g/mol. The van der Waals surface area contributed by atoms with Crippen LogP contribution < -0.4 is 4.74 Å². The fourth-order valence-electron chi connectivity index (χ4n) is 2.57. The van der Waals surface area contributed by atoms with Crippen molar-refractivity contribution in [1.29, 1.82) is 0 Å². The first kappa shape index (κ1) is 19.5. The Morgan fingerprint density at radius 3 is 2.56 bits per heavy atom. The van der Waals surface area contributed by atoms with E-state index in [0.717, 1.165) is 12.8 Å². The third-order valence-electron chi connectivity index (χ3n) is 3.88. The summed E-state index contributed by atoms with van der Waals surface area (Å²) >= 11 is 3.23. The van der Waals surface area contributed by atoms with E-state index in [0.29, 0.717) is 35.8 Å². The van der Waals surface area contributed by atoms with Crippen molar-refractivity contribution < 1.29 is 19.2 Å². The molecule has 0 radical (unpaired) electrons. The molecule has 0 aliphatic carbocycles. The van der Waals surface area contributed by atoms with Crippen LogP contribution in [0.2, 0.25) is 0 Å². The van der Waals surface area contributed by atoms with Crippen LogP contribution in [0.1, 0.15) is 33.6 Å². The van der Waals surface area contributed by atoms with Gasteiger partial charge in [-0.1, -0.05) is 6.07 Å². The lowest BCUT2D eigenvalue weighted by Gasteiger charge is -2.33. The molecule has 1 fully saturated rings. The largest absolute Gasteiger partial charge is 0.492 e. The Labute approximate surface area is 155 Å². The number of ether oxygens (including phenoxy) is 2. The lowest BCUT2D eigenvalue weighted by atomic mass is 9.98. The summed E-state index contributed by atoms with van der Waals surface area (Å²) in [7, 11) is 0. The molecule has 7 nitrogen and oxygen atoms in total. The number of hydrogen-bond donors (Lipinski definition) is 0. The zero-order valence-corrected chi connectivity index (χ0v) is 16.2. The molecule has 1 aliphatic rings. The minimum Gasteiger partial charge on any atom is -0.492 e. The van der Waals surface area contributed by atoms with Gasteiger partial charge in [0.2, 0.25) is 0 Å². The number of nitrogens with zero attached hydrogens (tertiary/aromatic N) is 2. The highest BCUT2D eigenvalue weighted by atomic mass is 79.9. The second kappa shape index (κ2) is 8.03. The third kappa shape index (κ3) is 5.59. The first-order valence-corrected chi connectivity index (χ1v) is 9.00. The van der Waals surface area contributed by atoms with Crippen LogP contribution in [0.4, 0.5) is 10.5 Å². The van der Waals surface area contributed by atoms with Crippen LogP contribution in [-0.4, -0.2) is 41.2 Å². The highest BCUT2D eigenvalue weighted by Gasteiger charge is 2.27. The molecule has 0 atom stereocenters. The molecule has 0 aromatic heterocycles. The van der Waals surface area contributed by atoms with E-state index in [9.17, 15) is 14.9 Å². The summed E-state index contributed by atoms with van der Waals surface area (Å²) in [5.74, 6) is 0.758.